The number of halogens is 1. The maximum absolute atomic E-state index is 12.1. The summed E-state index contributed by atoms with van der Waals surface area (Å²) in [6.07, 6.45) is 1.61. The predicted molar refractivity (Wildman–Crippen MR) is 81.9 cm³/mol. The molecule has 8 heteroatoms. The number of nitrogens with one attached hydrogen (secondary N) is 2. The third kappa shape index (κ3) is 5.30. The minimum atomic E-state index is -0.170. The smallest absolute Gasteiger partial charge is 0.283 e. The number of nitrogens with zero attached hydrogens (tertiary/aromatic N) is 3. The van der Waals surface area contributed by atoms with E-state index in [0.29, 0.717) is 29.8 Å². The molecule has 1 rings (SSSR count). The monoisotopic (exact) mass is 345 g/mol. The fourth-order valence-electron chi connectivity index (χ4n) is 1.48. The van der Waals surface area contributed by atoms with Crippen molar-refractivity contribution in [2.75, 3.05) is 39.0 Å². The van der Waals surface area contributed by atoms with E-state index in [4.69, 9.17) is 0 Å². The molecule has 0 unspecified atom stereocenters. The van der Waals surface area contributed by atoms with Crippen LogP contribution in [0.1, 0.15) is 6.92 Å². The van der Waals surface area contributed by atoms with Crippen LogP contribution in [0.15, 0.2) is 15.5 Å². The molecule has 20 heavy (non-hydrogen) atoms. The quantitative estimate of drug-likeness (QED) is 0.686. The van der Waals surface area contributed by atoms with Gasteiger partial charge >= 0.3 is 0 Å². The molecule has 0 aliphatic rings. The summed E-state index contributed by atoms with van der Waals surface area (Å²) < 4.78 is 1.87. The molecule has 0 aliphatic heterocycles. The van der Waals surface area contributed by atoms with Gasteiger partial charge in [0.1, 0.15) is 4.47 Å². The Morgan fingerprint density at radius 2 is 2.15 bits per heavy atom. The first-order valence-corrected chi connectivity index (χ1v) is 7.09. The van der Waals surface area contributed by atoms with Crippen LogP contribution in [0.4, 0.5) is 5.69 Å². The number of likely N-dealkylation sites (N-methyl/N-ethyl adjacent to an activating group) is 1. The highest BCUT2D eigenvalue weighted by Crippen LogP contribution is 2.15. The molecule has 0 fully saturated rings. The zero-order chi connectivity index (χ0) is 15.1. The molecule has 1 aromatic rings. The Morgan fingerprint density at radius 1 is 1.45 bits per heavy atom. The molecular weight excluding hydrogens is 326 g/mol. The second-order valence-corrected chi connectivity index (χ2v) is 5.41. The number of carbonyl (C=O) groups excluding carboxylic acids is 1. The molecule has 0 spiro atoms. The number of hydrogen-bond acceptors (Lipinski definition) is 5. The molecule has 0 atom stereocenters. The summed E-state index contributed by atoms with van der Waals surface area (Å²) in [5, 5.41) is 9.84. The molecule has 7 nitrogen and oxygen atoms in total. The van der Waals surface area contributed by atoms with Crippen molar-refractivity contribution >= 4 is 27.5 Å². The lowest BCUT2D eigenvalue weighted by Gasteiger charge is -2.12. The van der Waals surface area contributed by atoms with Crippen LogP contribution in [0.25, 0.3) is 0 Å². The van der Waals surface area contributed by atoms with Gasteiger partial charge in [-0.3, -0.25) is 9.59 Å². The fraction of sp³-hybridized carbons (Fsp3) is 0.583. The van der Waals surface area contributed by atoms with Gasteiger partial charge in [-0.1, -0.05) is 0 Å². The van der Waals surface area contributed by atoms with Crippen LogP contribution in [-0.4, -0.2) is 54.3 Å². The van der Waals surface area contributed by atoms with Crippen molar-refractivity contribution in [3.05, 3.63) is 21.0 Å². The molecule has 0 saturated carbocycles. The van der Waals surface area contributed by atoms with Crippen molar-refractivity contribution in [1.29, 1.82) is 0 Å². The molecule has 1 amide bonds. The first-order valence-electron chi connectivity index (χ1n) is 6.30. The Hall–Kier alpha value is -1.41. The molecule has 2 N–H and O–H groups in total. The Morgan fingerprint density at radius 3 is 2.75 bits per heavy atom. The fourth-order valence-corrected chi connectivity index (χ4v) is 1.93. The third-order valence-electron chi connectivity index (χ3n) is 2.56. The van der Waals surface area contributed by atoms with Crippen LogP contribution in [-0.2, 0) is 11.3 Å². The van der Waals surface area contributed by atoms with E-state index < -0.39 is 0 Å². The van der Waals surface area contributed by atoms with Crippen molar-refractivity contribution < 1.29 is 4.79 Å². The van der Waals surface area contributed by atoms with Crippen LogP contribution in [0, 0.1) is 0 Å². The Bertz CT molecular complexity index is 515. The second-order valence-electron chi connectivity index (χ2n) is 4.61. The van der Waals surface area contributed by atoms with Gasteiger partial charge in [0.05, 0.1) is 18.4 Å². The highest BCUT2D eigenvalue weighted by Gasteiger charge is 2.08. The minimum Gasteiger partial charge on any atom is -0.381 e. The van der Waals surface area contributed by atoms with Crippen molar-refractivity contribution in [2.24, 2.45) is 0 Å². The molecule has 0 saturated heterocycles. The number of aromatic nitrogens is 2. The highest BCUT2D eigenvalue weighted by molar-refractivity contribution is 9.10. The van der Waals surface area contributed by atoms with Crippen molar-refractivity contribution in [3.8, 4) is 0 Å². The molecule has 0 bridgehead atoms. The van der Waals surface area contributed by atoms with Crippen LogP contribution in [0.2, 0.25) is 0 Å². The predicted octanol–water partition coefficient (Wildman–Crippen LogP) is 0.115. The molecule has 0 aliphatic carbocycles. The summed E-state index contributed by atoms with van der Waals surface area (Å²) in [4.78, 5) is 24.8. The lowest BCUT2D eigenvalue weighted by molar-refractivity contribution is -0.118. The number of amides is 1. The summed E-state index contributed by atoms with van der Waals surface area (Å²) in [6.45, 7) is 3.77. The standard InChI is InChI=1S/C12H20BrN5O2/c1-9(19)14-4-5-15-10-8-16-18(7-6-17(2)3)12(20)11(10)13/h8,15H,4-7H2,1-3H3,(H,14,19). The van der Waals surface area contributed by atoms with Gasteiger partial charge in [-0.05, 0) is 30.0 Å². The number of rotatable bonds is 7. The summed E-state index contributed by atoms with van der Waals surface area (Å²) in [5.74, 6) is -0.0805. The van der Waals surface area contributed by atoms with Gasteiger partial charge in [-0.25, -0.2) is 4.68 Å². The average Bonchev–Trinajstić information content (AvgIpc) is 2.37. The zero-order valence-corrected chi connectivity index (χ0v) is 13.5. The first-order chi connectivity index (χ1) is 9.41. The second kappa shape index (κ2) is 8.01. The lowest BCUT2D eigenvalue weighted by Crippen LogP contribution is -2.30. The number of hydrogen-bond donors (Lipinski definition) is 2. The molecule has 112 valence electrons. The van der Waals surface area contributed by atoms with Crippen LogP contribution in [0.3, 0.4) is 0 Å². The van der Waals surface area contributed by atoms with Gasteiger partial charge in [0.25, 0.3) is 5.56 Å². The Balaban J connectivity index is 2.64. The van der Waals surface area contributed by atoms with E-state index in [9.17, 15) is 9.59 Å². The summed E-state index contributed by atoms with van der Waals surface area (Å²) >= 11 is 3.28. The SMILES string of the molecule is CC(=O)NCCNc1cnn(CCN(C)C)c(=O)c1Br. The van der Waals surface area contributed by atoms with E-state index in [1.807, 2.05) is 19.0 Å². The van der Waals surface area contributed by atoms with Gasteiger partial charge in [-0.2, -0.15) is 5.10 Å². The van der Waals surface area contributed by atoms with E-state index in [-0.39, 0.29) is 11.5 Å². The third-order valence-corrected chi connectivity index (χ3v) is 3.32. The summed E-state index contributed by atoms with van der Waals surface area (Å²) in [7, 11) is 3.88. The van der Waals surface area contributed by atoms with Crippen molar-refractivity contribution in [3.63, 3.8) is 0 Å². The molecule has 0 aromatic carbocycles. The normalized spacial score (nSPS) is 10.7. The highest BCUT2D eigenvalue weighted by atomic mass is 79.9. The van der Waals surface area contributed by atoms with Gasteiger partial charge in [0.2, 0.25) is 5.91 Å². The van der Waals surface area contributed by atoms with Crippen molar-refractivity contribution in [1.82, 2.24) is 20.0 Å². The Labute approximate surface area is 126 Å². The summed E-state index contributed by atoms with van der Waals surface area (Å²) in [5.41, 5.74) is 0.456. The van der Waals surface area contributed by atoms with Crippen LogP contribution >= 0.6 is 15.9 Å². The Kier molecular flexibility index (Phi) is 6.66. The van der Waals surface area contributed by atoms with Gasteiger partial charge in [0.15, 0.2) is 0 Å². The van der Waals surface area contributed by atoms with Crippen molar-refractivity contribution in [2.45, 2.75) is 13.5 Å². The molecule has 0 radical (unpaired) electrons. The molecule has 1 heterocycles. The maximum Gasteiger partial charge on any atom is 0.283 e. The van der Waals surface area contributed by atoms with E-state index >= 15 is 0 Å². The van der Waals surface area contributed by atoms with E-state index in [1.54, 1.807) is 6.20 Å². The average molecular weight is 346 g/mol. The van der Waals surface area contributed by atoms with Gasteiger partial charge in [0, 0.05) is 26.6 Å². The van der Waals surface area contributed by atoms with Crippen LogP contribution in [0.5, 0.6) is 0 Å². The topological polar surface area (TPSA) is 79.3 Å². The number of anilines is 1. The minimum absolute atomic E-state index is 0.0805. The molecule has 1 aromatic heterocycles. The van der Waals surface area contributed by atoms with Gasteiger partial charge < -0.3 is 15.5 Å². The molecular formula is C12H20BrN5O2. The first kappa shape index (κ1) is 16.6. The zero-order valence-electron chi connectivity index (χ0n) is 11.9. The summed E-state index contributed by atoms with van der Waals surface area (Å²) in [6, 6.07) is 0. The number of carbonyl (C=O) groups is 1. The van der Waals surface area contributed by atoms with E-state index in [1.165, 1.54) is 11.6 Å². The lowest BCUT2D eigenvalue weighted by atomic mass is 10.4. The maximum atomic E-state index is 12.1. The van der Waals surface area contributed by atoms with Gasteiger partial charge in [-0.15, -0.1) is 0 Å². The largest absolute Gasteiger partial charge is 0.381 e. The van der Waals surface area contributed by atoms with Crippen LogP contribution < -0.4 is 16.2 Å². The van der Waals surface area contributed by atoms with E-state index in [2.05, 4.69) is 31.7 Å². The van der Waals surface area contributed by atoms with E-state index in [0.717, 1.165) is 6.54 Å².